The first-order valence-corrected chi connectivity index (χ1v) is 10.4. The van der Waals surface area contributed by atoms with E-state index in [-0.39, 0.29) is 11.2 Å². The summed E-state index contributed by atoms with van der Waals surface area (Å²) in [5, 5.41) is 3.41. The van der Waals surface area contributed by atoms with Crippen molar-refractivity contribution in [1.29, 1.82) is 0 Å². The van der Waals surface area contributed by atoms with Gasteiger partial charge < -0.3 is 5.32 Å². The molecule has 0 spiro atoms. The minimum absolute atomic E-state index is 0.225. The summed E-state index contributed by atoms with van der Waals surface area (Å²) >= 11 is 0. The Morgan fingerprint density at radius 1 is 1.41 bits per heavy atom. The zero-order valence-electron chi connectivity index (χ0n) is 17.6. The van der Waals surface area contributed by atoms with Gasteiger partial charge in [0.1, 0.15) is 11.6 Å². The maximum atomic E-state index is 13.4. The number of anilines is 1. The molecule has 1 aliphatic rings. The Morgan fingerprint density at radius 2 is 2.19 bits per heavy atom. The highest BCUT2D eigenvalue weighted by Gasteiger charge is 2.40. The van der Waals surface area contributed by atoms with E-state index in [9.17, 15) is 4.39 Å². The van der Waals surface area contributed by atoms with E-state index in [1.807, 2.05) is 0 Å². The molecule has 1 N–H and O–H groups in total. The van der Waals surface area contributed by atoms with E-state index in [1.54, 1.807) is 13.0 Å². The fourth-order valence-electron chi connectivity index (χ4n) is 4.34. The van der Waals surface area contributed by atoms with Gasteiger partial charge in [0.2, 0.25) is 0 Å². The van der Waals surface area contributed by atoms with Crippen LogP contribution in [0.5, 0.6) is 0 Å². The van der Waals surface area contributed by atoms with Crippen molar-refractivity contribution in [1.82, 2.24) is 4.98 Å². The first kappa shape index (κ1) is 21.6. The molecule has 0 saturated heterocycles. The van der Waals surface area contributed by atoms with Crippen molar-refractivity contribution in [3.8, 4) is 0 Å². The fourth-order valence-corrected chi connectivity index (χ4v) is 4.34. The number of nitrogens with zero attached hydrogens (tertiary/aromatic N) is 2. The van der Waals surface area contributed by atoms with Crippen molar-refractivity contribution >= 4 is 11.5 Å². The number of aliphatic imine (C=N–C) groups is 1. The molecule has 0 radical (unpaired) electrons. The summed E-state index contributed by atoms with van der Waals surface area (Å²) in [6.07, 6.45) is 9.45. The fraction of sp³-hybridized carbons (Fsp3) is 0.652. The number of aromatic nitrogens is 1. The van der Waals surface area contributed by atoms with Crippen LogP contribution in [0.3, 0.4) is 0 Å². The van der Waals surface area contributed by atoms with Gasteiger partial charge in [-0.1, -0.05) is 33.3 Å². The maximum Gasteiger partial charge on any atom is 0.144 e. The zero-order valence-corrected chi connectivity index (χ0v) is 17.6. The molecule has 2 rings (SSSR count). The Kier molecular flexibility index (Phi) is 8.00. The molecule has 1 heterocycles. The summed E-state index contributed by atoms with van der Waals surface area (Å²) < 4.78 is 13.4. The van der Waals surface area contributed by atoms with Gasteiger partial charge >= 0.3 is 0 Å². The van der Waals surface area contributed by atoms with E-state index in [0.717, 1.165) is 38.2 Å². The second-order valence-electron chi connectivity index (χ2n) is 8.24. The molecule has 4 heteroatoms. The number of hydrogen-bond donors (Lipinski definition) is 1. The largest absolute Gasteiger partial charge is 0.370 e. The summed E-state index contributed by atoms with van der Waals surface area (Å²) in [6.45, 7) is 14.5. The second kappa shape index (κ2) is 10.0. The lowest BCUT2D eigenvalue weighted by Gasteiger charge is -2.31. The van der Waals surface area contributed by atoms with E-state index in [4.69, 9.17) is 4.99 Å². The maximum absolute atomic E-state index is 13.4. The van der Waals surface area contributed by atoms with Crippen molar-refractivity contribution in [3.05, 3.63) is 35.8 Å². The van der Waals surface area contributed by atoms with Crippen molar-refractivity contribution in [2.24, 2.45) is 16.3 Å². The highest BCUT2D eigenvalue weighted by atomic mass is 19.1. The van der Waals surface area contributed by atoms with Gasteiger partial charge in [0, 0.05) is 12.3 Å². The van der Waals surface area contributed by atoms with E-state index in [0.29, 0.717) is 11.5 Å². The van der Waals surface area contributed by atoms with Crippen LogP contribution in [0.4, 0.5) is 10.2 Å². The lowest BCUT2D eigenvalue weighted by molar-refractivity contribution is 0.317. The van der Waals surface area contributed by atoms with Gasteiger partial charge in [-0.25, -0.2) is 9.37 Å². The van der Waals surface area contributed by atoms with Gasteiger partial charge in [-0.05, 0) is 74.5 Å². The second-order valence-corrected chi connectivity index (χ2v) is 8.24. The predicted octanol–water partition coefficient (Wildman–Crippen LogP) is 6.34. The molecule has 1 aliphatic carbocycles. The Hall–Kier alpha value is -1.71. The van der Waals surface area contributed by atoms with Gasteiger partial charge in [-0.15, -0.1) is 0 Å². The van der Waals surface area contributed by atoms with Crippen molar-refractivity contribution in [2.75, 3.05) is 18.4 Å². The number of hydrogen-bond acceptors (Lipinski definition) is 3. The predicted molar refractivity (Wildman–Crippen MR) is 114 cm³/mol. The van der Waals surface area contributed by atoms with Crippen LogP contribution in [-0.2, 0) is 0 Å². The van der Waals surface area contributed by atoms with E-state index in [2.05, 4.69) is 37.7 Å². The molecule has 1 fully saturated rings. The van der Waals surface area contributed by atoms with Crippen molar-refractivity contribution in [3.63, 3.8) is 0 Å². The average Bonchev–Trinajstić information content (AvgIpc) is 3.06. The van der Waals surface area contributed by atoms with Crippen LogP contribution < -0.4 is 5.32 Å². The van der Waals surface area contributed by atoms with Crippen molar-refractivity contribution in [2.45, 2.75) is 72.6 Å². The molecule has 0 amide bonds. The number of nitrogens with one attached hydrogen (secondary N) is 1. The van der Waals surface area contributed by atoms with Gasteiger partial charge in [-0.2, -0.15) is 0 Å². The molecule has 1 saturated carbocycles. The summed E-state index contributed by atoms with van der Waals surface area (Å²) in [7, 11) is 0. The normalized spacial score (nSPS) is 22.9. The van der Waals surface area contributed by atoms with Crippen LogP contribution in [0.1, 0.15) is 71.3 Å². The third-order valence-corrected chi connectivity index (χ3v) is 5.96. The number of aryl methyl sites for hydroxylation is 1. The van der Waals surface area contributed by atoms with Crippen molar-refractivity contribution < 1.29 is 4.39 Å². The Labute approximate surface area is 164 Å². The number of pyridine rings is 1. The lowest BCUT2D eigenvalue weighted by atomic mass is 9.75. The molecule has 3 nitrogen and oxygen atoms in total. The van der Waals surface area contributed by atoms with Gasteiger partial charge in [-0.3, -0.25) is 4.99 Å². The van der Waals surface area contributed by atoms with Crippen LogP contribution in [0.2, 0.25) is 0 Å². The first-order chi connectivity index (χ1) is 12.9. The molecule has 0 bridgehead atoms. The number of rotatable bonds is 10. The molecule has 0 aliphatic heterocycles. The quantitative estimate of drug-likeness (QED) is 0.383. The zero-order chi connectivity index (χ0) is 19.9. The van der Waals surface area contributed by atoms with E-state index in [1.165, 1.54) is 43.2 Å². The Bertz CT molecular complexity index is 668. The minimum atomic E-state index is -0.251. The van der Waals surface area contributed by atoms with Crippen LogP contribution in [0.25, 0.3) is 0 Å². The summed E-state index contributed by atoms with van der Waals surface area (Å²) in [5.41, 5.74) is 3.40. The number of halogens is 1. The summed E-state index contributed by atoms with van der Waals surface area (Å²) in [5.74, 6) is 1.11. The monoisotopic (exact) mass is 373 g/mol. The van der Waals surface area contributed by atoms with Crippen LogP contribution >= 0.6 is 0 Å². The van der Waals surface area contributed by atoms with Gasteiger partial charge in [0.15, 0.2) is 0 Å². The van der Waals surface area contributed by atoms with Crippen LogP contribution in [0.15, 0.2) is 29.4 Å². The topological polar surface area (TPSA) is 37.3 Å². The smallest absolute Gasteiger partial charge is 0.144 e. The molecule has 2 unspecified atom stereocenters. The molecular formula is C23H36FN3. The average molecular weight is 374 g/mol. The SMILES string of the molecule is C=C(CN=C(C)CCC)C1(CCC)CCC(CNc2cc(C)c(F)cn2)C1. The third-order valence-electron chi connectivity index (χ3n) is 5.96. The van der Waals surface area contributed by atoms with Gasteiger partial charge in [0.05, 0.1) is 12.7 Å². The molecule has 1 aromatic rings. The first-order valence-electron chi connectivity index (χ1n) is 10.4. The molecule has 1 aromatic heterocycles. The van der Waals surface area contributed by atoms with E-state index >= 15 is 0 Å². The standard InChI is InChI=1S/C23H36FN3/c1-6-8-19(5)25-14-18(4)23(10-7-2)11-9-20(13-23)15-26-22-12-17(3)21(24)16-27-22/h12,16,20H,4,6-11,13-15H2,1-3,5H3,(H,26,27). The lowest BCUT2D eigenvalue weighted by Crippen LogP contribution is -2.23. The Morgan fingerprint density at radius 3 is 2.85 bits per heavy atom. The molecule has 2 atom stereocenters. The van der Waals surface area contributed by atoms with Gasteiger partial charge in [0.25, 0.3) is 0 Å². The highest BCUT2D eigenvalue weighted by Crippen LogP contribution is 2.49. The molecular weight excluding hydrogens is 337 g/mol. The highest BCUT2D eigenvalue weighted by molar-refractivity contribution is 5.81. The molecule has 150 valence electrons. The molecule has 0 aromatic carbocycles. The van der Waals surface area contributed by atoms with Crippen LogP contribution in [0, 0.1) is 24.1 Å². The Balaban J connectivity index is 1.96. The third kappa shape index (κ3) is 5.88. The van der Waals surface area contributed by atoms with E-state index < -0.39 is 0 Å². The summed E-state index contributed by atoms with van der Waals surface area (Å²) in [4.78, 5) is 8.93. The van der Waals surface area contributed by atoms with Crippen LogP contribution in [-0.4, -0.2) is 23.8 Å². The minimum Gasteiger partial charge on any atom is -0.370 e. The summed E-state index contributed by atoms with van der Waals surface area (Å²) in [6, 6.07) is 1.79. The molecule has 27 heavy (non-hydrogen) atoms.